The molecule has 0 N–H and O–H groups in total. The van der Waals surface area contributed by atoms with Crippen molar-refractivity contribution in [3.05, 3.63) is 12.2 Å². The number of carbonyl (C=O) groups excluding carboxylic acids is 1. The lowest BCUT2D eigenvalue weighted by molar-refractivity contribution is -0.137. The highest BCUT2D eigenvalue weighted by molar-refractivity contribution is 6.74. The number of allylic oxidation sites excluding steroid dienone is 1. The second-order valence-corrected chi connectivity index (χ2v) is 13.6. The molecule has 27 heavy (non-hydrogen) atoms. The van der Waals surface area contributed by atoms with Gasteiger partial charge in [-0.15, -0.1) is 0 Å². The molecule has 0 amide bonds. The first-order chi connectivity index (χ1) is 12.5. The van der Waals surface area contributed by atoms with Crippen LogP contribution >= 0.6 is 0 Å². The van der Waals surface area contributed by atoms with Gasteiger partial charge in [-0.05, 0) is 43.8 Å². The first-order valence-corrected chi connectivity index (χ1v) is 12.9. The van der Waals surface area contributed by atoms with Gasteiger partial charge >= 0.3 is 5.97 Å². The largest absolute Gasteiger partial charge is 0.463 e. The molecule has 0 fully saturated rings. The fourth-order valence-corrected chi connectivity index (χ4v) is 3.69. The molecular weight excluding hydrogens is 360 g/mol. The van der Waals surface area contributed by atoms with Crippen molar-refractivity contribution in [1.29, 1.82) is 0 Å². The van der Waals surface area contributed by atoms with Crippen LogP contribution in [0.1, 0.15) is 54.4 Å². The summed E-state index contributed by atoms with van der Waals surface area (Å²) in [5.41, 5.74) is 0. The Labute approximate surface area is 167 Å². The maximum Gasteiger partial charge on any atom is 0.330 e. The standard InChI is InChI=1S/C21H42O5Si/c1-10-24-19(22)14-12-11-13-17(2)20(25-16-23-7)18(3)15-26-27(8,9)21(4,5)6/h12,14,17-18,20H,10-11,13,15-16H2,1-9H3/b14-12+/t17-,18-,20-/m1/s1. The molecule has 0 aromatic heterocycles. The van der Waals surface area contributed by atoms with Gasteiger partial charge in [0.2, 0.25) is 0 Å². The fraction of sp³-hybridized carbons (Fsp3) is 0.857. The molecule has 0 saturated carbocycles. The smallest absolute Gasteiger partial charge is 0.330 e. The second kappa shape index (κ2) is 12.7. The molecule has 160 valence electrons. The van der Waals surface area contributed by atoms with Crippen molar-refractivity contribution in [3.8, 4) is 0 Å². The zero-order valence-electron chi connectivity index (χ0n) is 19.0. The van der Waals surface area contributed by atoms with Gasteiger partial charge in [-0.1, -0.05) is 40.7 Å². The predicted molar refractivity (Wildman–Crippen MR) is 113 cm³/mol. The Morgan fingerprint density at radius 2 is 1.78 bits per heavy atom. The zero-order valence-corrected chi connectivity index (χ0v) is 20.0. The van der Waals surface area contributed by atoms with Crippen LogP contribution in [0, 0.1) is 11.8 Å². The van der Waals surface area contributed by atoms with Crippen molar-refractivity contribution in [2.75, 3.05) is 27.1 Å². The van der Waals surface area contributed by atoms with Crippen molar-refractivity contribution < 1.29 is 23.4 Å². The van der Waals surface area contributed by atoms with Crippen LogP contribution in [-0.4, -0.2) is 47.5 Å². The first kappa shape index (κ1) is 26.3. The number of methoxy groups -OCH3 is 1. The van der Waals surface area contributed by atoms with Gasteiger partial charge in [-0.2, -0.15) is 0 Å². The lowest BCUT2D eigenvalue weighted by Gasteiger charge is -2.38. The molecule has 3 atom stereocenters. The molecule has 0 unspecified atom stereocenters. The molecule has 0 radical (unpaired) electrons. The number of esters is 1. The summed E-state index contributed by atoms with van der Waals surface area (Å²) in [5.74, 6) is 0.303. The fourth-order valence-electron chi connectivity index (χ4n) is 2.58. The Balaban J connectivity index is 4.72. The third-order valence-electron chi connectivity index (χ3n) is 5.34. The van der Waals surface area contributed by atoms with Crippen LogP contribution in [0.5, 0.6) is 0 Å². The maximum absolute atomic E-state index is 11.4. The van der Waals surface area contributed by atoms with Gasteiger partial charge in [0.15, 0.2) is 8.32 Å². The molecule has 0 aliphatic heterocycles. The summed E-state index contributed by atoms with van der Waals surface area (Å²) >= 11 is 0. The summed E-state index contributed by atoms with van der Waals surface area (Å²) in [6, 6.07) is 0. The molecule has 0 heterocycles. The Bertz CT molecular complexity index is 442. The van der Waals surface area contributed by atoms with E-state index in [0.717, 1.165) is 12.8 Å². The number of rotatable bonds is 13. The van der Waals surface area contributed by atoms with Gasteiger partial charge in [-0.25, -0.2) is 4.79 Å². The highest BCUT2D eigenvalue weighted by Gasteiger charge is 2.38. The SMILES string of the molecule is CCOC(=O)/C=C/CC[C@@H](C)[C@@H](OCOC)[C@H](C)CO[Si](C)(C)C(C)(C)C. The molecule has 0 aromatic carbocycles. The summed E-state index contributed by atoms with van der Waals surface area (Å²) in [4.78, 5) is 11.4. The number of ether oxygens (including phenoxy) is 3. The average molecular weight is 403 g/mol. The molecule has 0 aliphatic rings. The van der Waals surface area contributed by atoms with Crippen LogP contribution in [0.3, 0.4) is 0 Å². The van der Waals surface area contributed by atoms with E-state index in [1.807, 2.05) is 6.08 Å². The first-order valence-electron chi connectivity index (χ1n) is 10.0. The van der Waals surface area contributed by atoms with E-state index in [1.165, 1.54) is 6.08 Å². The van der Waals surface area contributed by atoms with Gasteiger partial charge in [-0.3, -0.25) is 0 Å². The van der Waals surface area contributed by atoms with E-state index >= 15 is 0 Å². The molecule has 0 spiro atoms. The minimum absolute atomic E-state index is 0.0470. The molecule has 0 rings (SSSR count). The molecular formula is C21H42O5Si. The van der Waals surface area contributed by atoms with Crippen molar-refractivity contribution in [1.82, 2.24) is 0 Å². The van der Waals surface area contributed by atoms with Crippen molar-refractivity contribution in [2.45, 2.75) is 78.6 Å². The average Bonchev–Trinajstić information content (AvgIpc) is 2.56. The Morgan fingerprint density at radius 3 is 2.30 bits per heavy atom. The predicted octanol–water partition coefficient (Wildman–Crippen LogP) is 5.17. The van der Waals surface area contributed by atoms with E-state index in [1.54, 1.807) is 14.0 Å². The monoisotopic (exact) mass is 402 g/mol. The lowest BCUT2D eigenvalue weighted by atomic mass is 9.90. The molecule has 0 bridgehead atoms. The molecule has 0 aliphatic carbocycles. The van der Waals surface area contributed by atoms with Crippen LogP contribution in [-0.2, 0) is 23.4 Å². The van der Waals surface area contributed by atoms with Gasteiger partial charge in [0, 0.05) is 25.7 Å². The molecule has 0 saturated heterocycles. The summed E-state index contributed by atoms with van der Waals surface area (Å²) in [6.07, 6.45) is 5.16. The lowest BCUT2D eigenvalue weighted by Crippen LogP contribution is -2.43. The van der Waals surface area contributed by atoms with E-state index in [2.05, 4.69) is 47.7 Å². The van der Waals surface area contributed by atoms with Crippen molar-refractivity contribution in [3.63, 3.8) is 0 Å². The summed E-state index contributed by atoms with van der Waals surface area (Å²) in [6.45, 7) is 18.8. The minimum atomic E-state index is -1.78. The number of hydrogen-bond donors (Lipinski definition) is 0. The Kier molecular flexibility index (Phi) is 12.4. The summed E-state index contributed by atoms with van der Waals surface area (Å²) < 4.78 is 22.4. The van der Waals surface area contributed by atoms with E-state index < -0.39 is 8.32 Å². The van der Waals surface area contributed by atoms with Crippen LogP contribution in [0.4, 0.5) is 0 Å². The van der Waals surface area contributed by atoms with E-state index in [0.29, 0.717) is 19.1 Å². The van der Waals surface area contributed by atoms with Crippen LogP contribution in [0.15, 0.2) is 12.2 Å². The number of carbonyl (C=O) groups is 1. The van der Waals surface area contributed by atoms with Crippen LogP contribution < -0.4 is 0 Å². The molecule has 0 aromatic rings. The van der Waals surface area contributed by atoms with Crippen LogP contribution in [0.2, 0.25) is 18.1 Å². The maximum atomic E-state index is 11.4. The normalized spacial score (nSPS) is 16.3. The van der Waals surface area contributed by atoms with Gasteiger partial charge in [0.05, 0.1) is 12.7 Å². The highest BCUT2D eigenvalue weighted by Crippen LogP contribution is 2.37. The zero-order chi connectivity index (χ0) is 21.1. The van der Waals surface area contributed by atoms with E-state index in [4.69, 9.17) is 18.6 Å². The Hall–Kier alpha value is -0.693. The molecule has 6 heteroatoms. The van der Waals surface area contributed by atoms with E-state index in [9.17, 15) is 4.79 Å². The third kappa shape index (κ3) is 10.4. The van der Waals surface area contributed by atoms with Gasteiger partial charge in [0.1, 0.15) is 6.79 Å². The topological polar surface area (TPSA) is 54.0 Å². The van der Waals surface area contributed by atoms with Crippen LogP contribution in [0.25, 0.3) is 0 Å². The van der Waals surface area contributed by atoms with E-state index in [-0.39, 0.29) is 29.8 Å². The van der Waals surface area contributed by atoms with Crippen molar-refractivity contribution in [2.24, 2.45) is 11.8 Å². The number of hydrogen-bond acceptors (Lipinski definition) is 5. The van der Waals surface area contributed by atoms with Gasteiger partial charge < -0.3 is 18.6 Å². The minimum Gasteiger partial charge on any atom is -0.463 e. The summed E-state index contributed by atoms with van der Waals surface area (Å²) in [7, 11) is -0.141. The quantitative estimate of drug-likeness (QED) is 0.184. The van der Waals surface area contributed by atoms with Gasteiger partial charge in [0.25, 0.3) is 0 Å². The second-order valence-electron chi connectivity index (χ2n) is 8.80. The van der Waals surface area contributed by atoms with Crippen molar-refractivity contribution >= 4 is 14.3 Å². The highest BCUT2D eigenvalue weighted by atomic mass is 28.4. The Morgan fingerprint density at radius 1 is 1.15 bits per heavy atom. The third-order valence-corrected chi connectivity index (χ3v) is 9.84. The molecule has 5 nitrogen and oxygen atoms in total. The summed E-state index contributed by atoms with van der Waals surface area (Å²) in [5, 5.41) is 0.194.